The van der Waals surface area contributed by atoms with Gasteiger partial charge in [0.1, 0.15) is 5.75 Å². The van der Waals surface area contributed by atoms with Crippen molar-refractivity contribution >= 4 is 21.4 Å². The molecule has 0 spiro atoms. The summed E-state index contributed by atoms with van der Waals surface area (Å²) in [6.07, 6.45) is 4.94. The molecule has 0 saturated heterocycles. The molecule has 2 nitrogen and oxygen atoms in total. The van der Waals surface area contributed by atoms with Crippen molar-refractivity contribution in [2.45, 2.75) is 20.3 Å². The Morgan fingerprint density at radius 1 is 0.710 bits per heavy atom. The number of nitrogens with zero attached hydrogens (tertiary/aromatic N) is 1. The molecule has 0 radical (unpaired) electrons. The molecule has 3 heteroatoms. The molecule has 0 amide bonds. The van der Waals surface area contributed by atoms with Gasteiger partial charge in [-0.3, -0.25) is 4.98 Å². The Hall–Kier alpha value is -3.43. The maximum atomic E-state index is 6.18. The van der Waals surface area contributed by atoms with Gasteiger partial charge in [0, 0.05) is 16.5 Å². The van der Waals surface area contributed by atoms with Gasteiger partial charge >= 0.3 is 0 Å². The lowest BCUT2D eigenvalue weighted by Crippen LogP contribution is -1.86. The molecule has 0 aliphatic carbocycles. The molecule has 0 aliphatic rings. The average Bonchev–Trinajstić information content (AvgIpc) is 3.27. The molecular weight excluding hydrogens is 398 g/mol. The number of benzene rings is 3. The van der Waals surface area contributed by atoms with Crippen molar-refractivity contribution in [2.24, 2.45) is 0 Å². The largest absolute Gasteiger partial charge is 0.455 e. The number of thiophene rings is 1. The zero-order valence-corrected chi connectivity index (χ0v) is 18.6. The normalized spacial score (nSPS) is 10.4. The van der Waals surface area contributed by atoms with Crippen LogP contribution in [0.2, 0.25) is 0 Å². The molecular formula is C28H25NOS. The van der Waals surface area contributed by atoms with Gasteiger partial charge in [0.15, 0.2) is 5.75 Å². The Morgan fingerprint density at radius 3 is 1.94 bits per heavy atom. The highest BCUT2D eigenvalue weighted by Gasteiger charge is 2.10. The van der Waals surface area contributed by atoms with Crippen LogP contribution >= 0.6 is 11.3 Å². The van der Waals surface area contributed by atoms with Crippen LogP contribution in [0.25, 0.3) is 31.7 Å². The van der Waals surface area contributed by atoms with E-state index in [1.807, 2.05) is 42.6 Å². The van der Waals surface area contributed by atoms with E-state index in [1.165, 1.54) is 28.0 Å². The van der Waals surface area contributed by atoms with Crippen LogP contribution in [0.1, 0.15) is 20.3 Å². The van der Waals surface area contributed by atoms with Crippen LogP contribution in [-0.4, -0.2) is 4.98 Å². The smallest absolute Gasteiger partial charge is 0.154 e. The van der Waals surface area contributed by atoms with Crippen molar-refractivity contribution in [1.82, 2.24) is 4.98 Å². The minimum absolute atomic E-state index is 0.781. The van der Waals surface area contributed by atoms with Crippen molar-refractivity contribution in [3.63, 3.8) is 0 Å². The fraction of sp³-hybridized carbons (Fsp3) is 0.107. The number of rotatable bonds is 4. The van der Waals surface area contributed by atoms with Crippen LogP contribution in [0.15, 0.2) is 103 Å². The first kappa shape index (κ1) is 20.8. The molecule has 0 saturated carbocycles. The van der Waals surface area contributed by atoms with E-state index in [4.69, 9.17) is 4.74 Å². The van der Waals surface area contributed by atoms with Gasteiger partial charge in [0.05, 0.1) is 10.9 Å². The third kappa shape index (κ3) is 5.01. The number of pyridine rings is 1. The van der Waals surface area contributed by atoms with Gasteiger partial charge in [-0.2, -0.15) is 0 Å². The Bertz CT molecular complexity index is 1230. The standard InChI is InChI=1S/C25H17NOS.C3H8/c1-3-7-18(8-4-1)19-11-13-21(14-12-19)27-23-16-26-17-25-22(23)15-24(28-25)20-9-5-2-6-10-20;1-3-2/h1-17H;3H2,1-2H3. The summed E-state index contributed by atoms with van der Waals surface area (Å²) in [5.74, 6) is 1.59. The minimum atomic E-state index is 0.781. The maximum absolute atomic E-state index is 6.18. The van der Waals surface area contributed by atoms with Crippen molar-refractivity contribution < 1.29 is 4.74 Å². The monoisotopic (exact) mass is 423 g/mol. The maximum Gasteiger partial charge on any atom is 0.154 e. The van der Waals surface area contributed by atoms with Gasteiger partial charge in [0.25, 0.3) is 0 Å². The Kier molecular flexibility index (Phi) is 6.75. The molecule has 0 fully saturated rings. The third-order valence-electron chi connectivity index (χ3n) is 4.66. The van der Waals surface area contributed by atoms with Crippen LogP contribution in [0.3, 0.4) is 0 Å². The van der Waals surface area contributed by atoms with E-state index < -0.39 is 0 Å². The first-order valence-electron chi connectivity index (χ1n) is 10.5. The van der Waals surface area contributed by atoms with Crippen molar-refractivity contribution in [3.8, 4) is 33.1 Å². The SMILES string of the molecule is CCC.c1ccc(-c2ccc(Oc3cncc4sc(-c5ccccc5)cc34)cc2)cc1. The third-order valence-corrected chi connectivity index (χ3v) is 5.78. The van der Waals surface area contributed by atoms with E-state index in [0.29, 0.717) is 0 Å². The lowest BCUT2D eigenvalue weighted by Gasteiger charge is -2.08. The summed E-state index contributed by atoms with van der Waals surface area (Å²) in [4.78, 5) is 5.58. The fourth-order valence-electron chi connectivity index (χ4n) is 3.23. The molecule has 154 valence electrons. The van der Waals surface area contributed by atoms with Crippen LogP contribution in [0.5, 0.6) is 11.5 Å². The van der Waals surface area contributed by atoms with E-state index in [2.05, 4.69) is 73.4 Å². The molecule has 2 heterocycles. The van der Waals surface area contributed by atoms with Crippen LogP contribution in [0, 0.1) is 0 Å². The summed E-state index contributed by atoms with van der Waals surface area (Å²) in [5.41, 5.74) is 3.58. The van der Waals surface area contributed by atoms with Crippen molar-refractivity contribution in [1.29, 1.82) is 0 Å². The van der Waals surface area contributed by atoms with Crippen molar-refractivity contribution in [2.75, 3.05) is 0 Å². The van der Waals surface area contributed by atoms with E-state index in [0.717, 1.165) is 21.6 Å². The first-order chi connectivity index (χ1) is 15.3. The van der Waals surface area contributed by atoms with E-state index in [1.54, 1.807) is 17.5 Å². The molecule has 2 aromatic heterocycles. The second kappa shape index (κ2) is 10.1. The zero-order chi connectivity index (χ0) is 21.5. The number of fused-ring (bicyclic) bond motifs is 1. The number of ether oxygens (including phenoxy) is 1. The minimum Gasteiger partial charge on any atom is -0.455 e. The lowest BCUT2D eigenvalue weighted by molar-refractivity contribution is 0.486. The average molecular weight is 424 g/mol. The lowest BCUT2D eigenvalue weighted by atomic mass is 10.1. The Labute approximate surface area is 187 Å². The highest BCUT2D eigenvalue weighted by Crippen LogP contribution is 2.38. The number of hydrogen-bond acceptors (Lipinski definition) is 3. The molecule has 0 bridgehead atoms. The van der Waals surface area contributed by atoms with E-state index >= 15 is 0 Å². The topological polar surface area (TPSA) is 22.1 Å². The summed E-state index contributed by atoms with van der Waals surface area (Å²) in [5, 5.41) is 1.09. The van der Waals surface area contributed by atoms with Gasteiger partial charge < -0.3 is 4.74 Å². The van der Waals surface area contributed by atoms with Gasteiger partial charge in [-0.05, 0) is 34.9 Å². The number of aromatic nitrogens is 1. The molecule has 0 N–H and O–H groups in total. The number of hydrogen-bond donors (Lipinski definition) is 0. The quantitative estimate of drug-likeness (QED) is 0.288. The van der Waals surface area contributed by atoms with Crippen molar-refractivity contribution in [3.05, 3.63) is 103 Å². The van der Waals surface area contributed by atoms with Crippen LogP contribution in [0.4, 0.5) is 0 Å². The summed E-state index contributed by atoms with van der Waals surface area (Å²) in [6.45, 7) is 4.25. The molecule has 5 rings (SSSR count). The van der Waals surface area contributed by atoms with Gasteiger partial charge in [-0.15, -0.1) is 11.3 Å². The van der Waals surface area contributed by atoms with E-state index in [9.17, 15) is 0 Å². The zero-order valence-electron chi connectivity index (χ0n) is 17.8. The summed E-state index contributed by atoms with van der Waals surface area (Å²) >= 11 is 1.73. The predicted octanol–water partition coefficient (Wildman–Crippen LogP) is 8.84. The van der Waals surface area contributed by atoms with E-state index in [-0.39, 0.29) is 0 Å². The first-order valence-corrected chi connectivity index (χ1v) is 11.4. The fourth-order valence-corrected chi connectivity index (χ4v) is 4.29. The van der Waals surface area contributed by atoms with Crippen LogP contribution < -0.4 is 4.74 Å². The molecule has 0 unspecified atom stereocenters. The highest BCUT2D eigenvalue weighted by molar-refractivity contribution is 7.22. The molecule has 3 aromatic carbocycles. The Balaban J connectivity index is 0.000000730. The summed E-state index contributed by atoms with van der Waals surface area (Å²) in [6, 6.07) is 31.1. The van der Waals surface area contributed by atoms with Gasteiger partial charge in [0.2, 0.25) is 0 Å². The second-order valence-corrected chi connectivity index (χ2v) is 8.31. The highest BCUT2D eigenvalue weighted by atomic mass is 32.1. The molecule has 5 aromatic rings. The van der Waals surface area contributed by atoms with Gasteiger partial charge in [-0.1, -0.05) is 93.1 Å². The Morgan fingerprint density at radius 2 is 1.29 bits per heavy atom. The summed E-state index contributed by atoms with van der Waals surface area (Å²) in [7, 11) is 0. The molecule has 0 atom stereocenters. The predicted molar refractivity (Wildman–Crippen MR) is 133 cm³/mol. The molecule has 31 heavy (non-hydrogen) atoms. The van der Waals surface area contributed by atoms with Crippen LogP contribution in [-0.2, 0) is 0 Å². The van der Waals surface area contributed by atoms with Gasteiger partial charge in [-0.25, -0.2) is 0 Å². The molecule has 0 aliphatic heterocycles. The second-order valence-electron chi connectivity index (χ2n) is 7.23. The summed E-state index contributed by atoms with van der Waals surface area (Å²) < 4.78 is 7.30.